The van der Waals surface area contributed by atoms with Gasteiger partial charge in [-0.1, -0.05) is 0 Å². The Kier molecular flexibility index (Phi) is 3.08. The maximum atomic E-state index is 7.38. The molecule has 4 heteroatoms. The second kappa shape index (κ2) is 4.51. The minimum absolute atomic E-state index is 0.0318. The Balaban J connectivity index is 2.15. The highest BCUT2D eigenvalue weighted by Gasteiger charge is 2.24. The Morgan fingerprint density at radius 1 is 1.62 bits per heavy atom. The number of nitrogen functional groups attached to an aromatic ring is 1. The van der Waals surface area contributed by atoms with Crippen LogP contribution >= 0.6 is 0 Å². The zero-order valence-electron chi connectivity index (χ0n) is 9.61. The van der Waals surface area contributed by atoms with Crippen LogP contribution in [0.5, 0.6) is 0 Å². The van der Waals surface area contributed by atoms with E-state index in [1.807, 2.05) is 12.1 Å². The molecule has 0 radical (unpaired) electrons. The summed E-state index contributed by atoms with van der Waals surface area (Å²) >= 11 is 0. The first-order valence-corrected chi connectivity index (χ1v) is 5.76. The van der Waals surface area contributed by atoms with Crippen LogP contribution in [0.2, 0.25) is 0 Å². The number of anilines is 1. The van der Waals surface area contributed by atoms with E-state index in [1.165, 1.54) is 12.8 Å². The molecule has 0 amide bonds. The lowest BCUT2D eigenvalue weighted by Crippen LogP contribution is -2.25. The third-order valence-electron chi connectivity index (χ3n) is 2.94. The predicted octanol–water partition coefficient (Wildman–Crippen LogP) is 1.60. The molecule has 0 aromatic carbocycles. The van der Waals surface area contributed by atoms with Crippen molar-refractivity contribution in [2.45, 2.75) is 19.8 Å². The highest BCUT2D eigenvalue weighted by molar-refractivity contribution is 5.93. The maximum Gasteiger partial charge on any atom is 0.141 e. The molecule has 2 rings (SSSR count). The molecular weight excluding hydrogens is 200 g/mol. The number of amidine groups is 1. The van der Waals surface area contributed by atoms with Gasteiger partial charge in [-0.3, -0.25) is 10.4 Å². The van der Waals surface area contributed by atoms with Crippen LogP contribution in [0.15, 0.2) is 18.3 Å². The molecule has 1 fully saturated rings. The average Bonchev–Trinajstić information content (AvgIpc) is 3.10. The van der Waals surface area contributed by atoms with Gasteiger partial charge in [0.1, 0.15) is 11.5 Å². The summed E-state index contributed by atoms with van der Waals surface area (Å²) in [6, 6.07) is 3.88. The van der Waals surface area contributed by atoms with Gasteiger partial charge in [-0.2, -0.15) is 0 Å². The van der Waals surface area contributed by atoms with Crippen LogP contribution in [0.25, 0.3) is 0 Å². The number of aromatic nitrogens is 1. The highest BCUT2D eigenvalue weighted by Crippen LogP contribution is 2.31. The van der Waals surface area contributed by atoms with Crippen molar-refractivity contribution in [2.24, 2.45) is 11.7 Å². The minimum atomic E-state index is 0.0318. The Bertz CT molecular complexity index is 384. The average molecular weight is 218 g/mol. The number of nitrogens with two attached hydrogens (primary N) is 1. The van der Waals surface area contributed by atoms with E-state index < -0.39 is 0 Å². The van der Waals surface area contributed by atoms with Gasteiger partial charge in [0.25, 0.3) is 0 Å². The van der Waals surface area contributed by atoms with Crippen LogP contribution in [-0.4, -0.2) is 23.9 Å². The van der Waals surface area contributed by atoms with Crippen molar-refractivity contribution in [2.75, 3.05) is 18.0 Å². The molecule has 1 aliphatic carbocycles. The lowest BCUT2D eigenvalue weighted by molar-refractivity contribution is 0.741. The second-order valence-electron chi connectivity index (χ2n) is 4.29. The molecule has 1 heterocycles. The molecule has 16 heavy (non-hydrogen) atoms. The predicted molar refractivity (Wildman–Crippen MR) is 65.9 cm³/mol. The summed E-state index contributed by atoms with van der Waals surface area (Å²) in [7, 11) is 0. The lowest BCUT2D eigenvalue weighted by Gasteiger charge is -2.23. The molecule has 0 saturated heterocycles. The van der Waals surface area contributed by atoms with E-state index in [-0.39, 0.29) is 5.84 Å². The van der Waals surface area contributed by atoms with Crippen molar-refractivity contribution in [3.05, 3.63) is 24.0 Å². The highest BCUT2D eigenvalue weighted by atomic mass is 15.1. The fourth-order valence-corrected chi connectivity index (χ4v) is 1.79. The van der Waals surface area contributed by atoms with E-state index in [1.54, 1.807) is 6.20 Å². The maximum absolute atomic E-state index is 7.38. The van der Waals surface area contributed by atoms with Crippen molar-refractivity contribution in [3.63, 3.8) is 0 Å². The number of nitrogens with zero attached hydrogens (tertiary/aromatic N) is 2. The summed E-state index contributed by atoms with van der Waals surface area (Å²) in [6.07, 6.45) is 4.42. The molecule has 0 aliphatic heterocycles. The number of pyridine rings is 1. The summed E-state index contributed by atoms with van der Waals surface area (Å²) in [5.41, 5.74) is 7.12. The van der Waals surface area contributed by atoms with Crippen LogP contribution in [-0.2, 0) is 0 Å². The fourth-order valence-electron chi connectivity index (χ4n) is 1.79. The third kappa shape index (κ3) is 2.51. The van der Waals surface area contributed by atoms with E-state index in [4.69, 9.17) is 11.1 Å². The molecule has 86 valence electrons. The molecule has 1 aromatic heterocycles. The topological polar surface area (TPSA) is 66.0 Å². The standard InChI is InChI=1S/C12H18N4/c1-2-16(8-9-3-4-9)10-5-6-15-11(7-10)12(13)14/h5-7,9H,2-4,8H2,1H3,(H3,13,14). The molecule has 4 nitrogen and oxygen atoms in total. The van der Waals surface area contributed by atoms with E-state index >= 15 is 0 Å². The second-order valence-corrected chi connectivity index (χ2v) is 4.29. The number of rotatable bonds is 5. The summed E-state index contributed by atoms with van der Waals surface area (Å²) in [6.45, 7) is 4.24. The quantitative estimate of drug-likeness (QED) is 0.582. The summed E-state index contributed by atoms with van der Waals surface area (Å²) in [4.78, 5) is 6.40. The summed E-state index contributed by atoms with van der Waals surface area (Å²) in [5, 5.41) is 7.38. The third-order valence-corrected chi connectivity index (χ3v) is 2.94. The summed E-state index contributed by atoms with van der Waals surface area (Å²) in [5.74, 6) is 0.887. The molecular formula is C12H18N4. The van der Waals surface area contributed by atoms with E-state index in [2.05, 4.69) is 16.8 Å². The SMILES string of the molecule is CCN(CC1CC1)c1ccnc(C(=N)N)c1. The first-order valence-electron chi connectivity index (χ1n) is 5.76. The Labute approximate surface area is 96.0 Å². The van der Waals surface area contributed by atoms with Gasteiger partial charge in [0.15, 0.2) is 0 Å². The molecule has 1 aromatic rings. The molecule has 1 aliphatic rings. The van der Waals surface area contributed by atoms with Gasteiger partial charge < -0.3 is 10.6 Å². The number of nitrogens with one attached hydrogen (secondary N) is 1. The normalized spacial score (nSPS) is 14.8. The van der Waals surface area contributed by atoms with Gasteiger partial charge in [0.05, 0.1) is 0 Å². The smallest absolute Gasteiger partial charge is 0.141 e. The first kappa shape index (κ1) is 10.9. The molecule has 3 N–H and O–H groups in total. The van der Waals surface area contributed by atoms with Gasteiger partial charge in [-0.05, 0) is 37.8 Å². The van der Waals surface area contributed by atoms with Crippen molar-refractivity contribution >= 4 is 11.5 Å². The van der Waals surface area contributed by atoms with E-state index in [9.17, 15) is 0 Å². The zero-order chi connectivity index (χ0) is 11.5. The Hall–Kier alpha value is -1.58. The van der Waals surface area contributed by atoms with Crippen molar-refractivity contribution in [1.29, 1.82) is 5.41 Å². The summed E-state index contributed by atoms with van der Waals surface area (Å²) < 4.78 is 0. The van der Waals surface area contributed by atoms with Gasteiger partial charge in [0.2, 0.25) is 0 Å². The molecule has 1 saturated carbocycles. The molecule has 0 spiro atoms. The Morgan fingerprint density at radius 2 is 2.38 bits per heavy atom. The van der Waals surface area contributed by atoms with Crippen LogP contribution < -0.4 is 10.6 Å². The number of hydrogen-bond donors (Lipinski definition) is 2. The monoisotopic (exact) mass is 218 g/mol. The Morgan fingerprint density at radius 3 is 2.94 bits per heavy atom. The van der Waals surface area contributed by atoms with E-state index in [0.29, 0.717) is 5.69 Å². The van der Waals surface area contributed by atoms with E-state index in [0.717, 1.165) is 24.7 Å². The molecule has 0 atom stereocenters. The fraction of sp³-hybridized carbons (Fsp3) is 0.500. The van der Waals surface area contributed by atoms with Crippen molar-refractivity contribution in [3.8, 4) is 0 Å². The largest absolute Gasteiger partial charge is 0.382 e. The molecule has 0 bridgehead atoms. The van der Waals surface area contributed by atoms with Crippen LogP contribution in [0.3, 0.4) is 0 Å². The van der Waals surface area contributed by atoms with Gasteiger partial charge in [-0.15, -0.1) is 0 Å². The van der Waals surface area contributed by atoms with Gasteiger partial charge in [-0.25, -0.2) is 0 Å². The van der Waals surface area contributed by atoms with Crippen LogP contribution in [0.1, 0.15) is 25.5 Å². The first-order chi connectivity index (χ1) is 7.70. The van der Waals surface area contributed by atoms with Crippen molar-refractivity contribution in [1.82, 2.24) is 4.98 Å². The molecule has 0 unspecified atom stereocenters. The zero-order valence-corrected chi connectivity index (χ0v) is 9.61. The van der Waals surface area contributed by atoms with Crippen LogP contribution in [0, 0.1) is 11.3 Å². The van der Waals surface area contributed by atoms with Crippen LogP contribution in [0.4, 0.5) is 5.69 Å². The number of hydrogen-bond acceptors (Lipinski definition) is 3. The minimum Gasteiger partial charge on any atom is -0.382 e. The van der Waals surface area contributed by atoms with Gasteiger partial charge >= 0.3 is 0 Å². The van der Waals surface area contributed by atoms with Crippen molar-refractivity contribution < 1.29 is 0 Å². The lowest BCUT2D eigenvalue weighted by atomic mass is 10.2. The van der Waals surface area contributed by atoms with Gasteiger partial charge in [0, 0.05) is 25.0 Å².